The molecule has 3 rings (SSSR count). The molecule has 0 aliphatic carbocycles. The van der Waals surface area contributed by atoms with E-state index in [1.54, 1.807) is 24.3 Å². The molecule has 2 amide bonds. The van der Waals surface area contributed by atoms with Crippen molar-refractivity contribution in [3.63, 3.8) is 0 Å². The largest absolute Gasteiger partial charge is 0.347 e. The van der Waals surface area contributed by atoms with Gasteiger partial charge >= 0.3 is 0 Å². The number of halogens is 1. The fourth-order valence-corrected chi connectivity index (χ4v) is 2.97. The molecular weight excluding hydrogens is 416 g/mol. The summed E-state index contributed by atoms with van der Waals surface area (Å²) in [4.78, 5) is 25.4. The molecule has 140 valence electrons. The first-order chi connectivity index (χ1) is 13.6. The van der Waals surface area contributed by atoms with Crippen molar-refractivity contribution in [3.8, 4) is 0 Å². The molecule has 0 fully saturated rings. The fraction of sp³-hybridized carbons (Fsp3) is 0.0435. The number of benzene rings is 3. The maximum absolute atomic E-state index is 12.8. The van der Waals surface area contributed by atoms with Crippen LogP contribution in [0.3, 0.4) is 0 Å². The van der Waals surface area contributed by atoms with Gasteiger partial charge in [-0.15, -0.1) is 0 Å². The first-order valence-corrected chi connectivity index (χ1v) is 9.57. The molecule has 0 aliphatic heterocycles. The van der Waals surface area contributed by atoms with Crippen molar-refractivity contribution >= 4 is 33.8 Å². The van der Waals surface area contributed by atoms with Crippen molar-refractivity contribution in [3.05, 3.63) is 112 Å². The van der Waals surface area contributed by atoms with Crippen LogP contribution >= 0.6 is 15.9 Å². The molecule has 0 bridgehead atoms. The molecule has 5 heteroatoms. The molecule has 4 nitrogen and oxygen atoms in total. The highest BCUT2D eigenvalue weighted by atomic mass is 79.9. The van der Waals surface area contributed by atoms with Gasteiger partial charge in [0.15, 0.2) is 0 Å². The predicted molar refractivity (Wildman–Crippen MR) is 114 cm³/mol. The van der Waals surface area contributed by atoms with Crippen LogP contribution in [0.15, 0.2) is 95.1 Å². The molecule has 3 aromatic carbocycles. The fourth-order valence-electron chi connectivity index (χ4n) is 2.57. The lowest BCUT2D eigenvalue weighted by atomic mass is 10.1. The molecule has 0 heterocycles. The second-order valence-corrected chi connectivity index (χ2v) is 7.02. The third-order valence-electron chi connectivity index (χ3n) is 3.99. The van der Waals surface area contributed by atoms with E-state index in [9.17, 15) is 9.59 Å². The minimum atomic E-state index is -0.351. The summed E-state index contributed by atoms with van der Waals surface area (Å²) in [7, 11) is 0. The molecule has 3 aromatic rings. The second kappa shape index (κ2) is 9.67. The lowest BCUT2D eigenvalue weighted by Gasteiger charge is -2.11. The Balaban J connectivity index is 1.79. The molecule has 0 unspecified atom stereocenters. The number of rotatable bonds is 6. The Labute approximate surface area is 172 Å². The number of amides is 2. The zero-order valence-electron chi connectivity index (χ0n) is 15.1. The Morgan fingerprint density at radius 1 is 0.857 bits per heavy atom. The summed E-state index contributed by atoms with van der Waals surface area (Å²) < 4.78 is 0.794. The number of carbonyl (C=O) groups excluding carboxylic acids is 2. The smallest absolute Gasteiger partial charge is 0.268 e. The minimum Gasteiger partial charge on any atom is -0.347 e. The molecule has 0 saturated carbocycles. The predicted octanol–water partition coefficient (Wildman–Crippen LogP) is 4.54. The van der Waals surface area contributed by atoms with Crippen LogP contribution < -0.4 is 10.6 Å². The van der Waals surface area contributed by atoms with E-state index in [4.69, 9.17) is 0 Å². The van der Waals surface area contributed by atoms with Crippen LogP contribution in [0.25, 0.3) is 6.08 Å². The van der Waals surface area contributed by atoms with Gasteiger partial charge < -0.3 is 10.6 Å². The summed E-state index contributed by atoms with van der Waals surface area (Å²) in [6, 6.07) is 26.0. The normalized spacial score (nSPS) is 11.0. The van der Waals surface area contributed by atoms with Crippen molar-refractivity contribution in [2.45, 2.75) is 6.54 Å². The van der Waals surface area contributed by atoms with Crippen LogP contribution in [0.1, 0.15) is 21.5 Å². The van der Waals surface area contributed by atoms with E-state index >= 15 is 0 Å². The SMILES string of the molecule is O=C(NCc1ccccc1)/C(=C/c1ccccc1)NC(=O)c1cccc(Br)c1. The van der Waals surface area contributed by atoms with E-state index in [-0.39, 0.29) is 17.5 Å². The summed E-state index contributed by atoms with van der Waals surface area (Å²) in [5.41, 5.74) is 2.45. The Kier molecular flexibility index (Phi) is 6.76. The maximum Gasteiger partial charge on any atom is 0.268 e. The number of nitrogens with one attached hydrogen (secondary N) is 2. The van der Waals surface area contributed by atoms with Crippen LogP contribution in [-0.2, 0) is 11.3 Å². The first-order valence-electron chi connectivity index (χ1n) is 8.77. The lowest BCUT2D eigenvalue weighted by molar-refractivity contribution is -0.117. The number of hydrogen-bond acceptors (Lipinski definition) is 2. The van der Waals surface area contributed by atoms with Crippen molar-refractivity contribution in [1.29, 1.82) is 0 Å². The van der Waals surface area contributed by atoms with Crippen molar-refractivity contribution in [2.24, 2.45) is 0 Å². The summed E-state index contributed by atoms with van der Waals surface area (Å²) >= 11 is 3.36. The average molecular weight is 435 g/mol. The number of carbonyl (C=O) groups is 2. The number of hydrogen-bond donors (Lipinski definition) is 2. The quantitative estimate of drug-likeness (QED) is 0.559. The Morgan fingerprint density at radius 2 is 1.54 bits per heavy atom. The molecule has 0 radical (unpaired) electrons. The molecule has 2 N–H and O–H groups in total. The van der Waals surface area contributed by atoms with Crippen LogP contribution in [0.2, 0.25) is 0 Å². The molecule has 28 heavy (non-hydrogen) atoms. The highest BCUT2D eigenvalue weighted by molar-refractivity contribution is 9.10. The van der Waals surface area contributed by atoms with Gasteiger partial charge in [0, 0.05) is 16.6 Å². The van der Waals surface area contributed by atoms with Gasteiger partial charge in [0.1, 0.15) is 5.70 Å². The zero-order chi connectivity index (χ0) is 19.8. The van der Waals surface area contributed by atoms with Crippen molar-refractivity contribution in [2.75, 3.05) is 0 Å². The van der Waals surface area contributed by atoms with Gasteiger partial charge in [-0.25, -0.2) is 0 Å². The van der Waals surface area contributed by atoms with Crippen molar-refractivity contribution in [1.82, 2.24) is 10.6 Å². The highest BCUT2D eigenvalue weighted by Crippen LogP contribution is 2.13. The topological polar surface area (TPSA) is 58.2 Å². The molecular formula is C23H19BrN2O2. The van der Waals surface area contributed by atoms with Gasteiger partial charge in [0.25, 0.3) is 11.8 Å². The van der Waals surface area contributed by atoms with Gasteiger partial charge in [0.05, 0.1) is 0 Å². The summed E-state index contributed by atoms with van der Waals surface area (Å²) in [6.07, 6.45) is 1.66. The summed E-state index contributed by atoms with van der Waals surface area (Å²) in [5.74, 6) is -0.700. The van der Waals surface area contributed by atoms with Crippen molar-refractivity contribution < 1.29 is 9.59 Å². The van der Waals surface area contributed by atoms with Crippen LogP contribution in [0.4, 0.5) is 0 Å². The van der Waals surface area contributed by atoms with E-state index in [1.807, 2.05) is 66.7 Å². The Bertz CT molecular complexity index is 986. The first kappa shape index (κ1) is 19.6. The molecule has 0 aliphatic rings. The Hall–Kier alpha value is -3.18. The van der Waals surface area contributed by atoms with Gasteiger partial charge in [-0.1, -0.05) is 82.7 Å². The Morgan fingerprint density at radius 3 is 2.21 bits per heavy atom. The van der Waals surface area contributed by atoms with Crippen LogP contribution in [0, 0.1) is 0 Å². The van der Waals surface area contributed by atoms with E-state index in [1.165, 1.54) is 0 Å². The van der Waals surface area contributed by atoms with Crippen LogP contribution in [-0.4, -0.2) is 11.8 Å². The van der Waals surface area contributed by atoms with E-state index in [2.05, 4.69) is 26.6 Å². The minimum absolute atomic E-state index is 0.187. The second-order valence-electron chi connectivity index (χ2n) is 6.10. The van der Waals surface area contributed by atoms with Gasteiger partial charge in [-0.3, -0.25) is 9.59 Å². The van der Waals surface area contributed by atoms with Gasteiger partial charge in [-0.2, -0.15) is 0 Å². The van der Waals surface area contributed by atoms with Gasteiger partial charge in [0.2, 0.25) is 0 Å². The highest BCUT2D eigenvalue weighted by Gasteiger charge is 2.15. The van der Waals surface area contributed by atoms with Gasteiger partial charge in [-0.05, 0) is 35.4 Å². The maximum atomic E-state index is 12.8. The molecule has 0 spiro atoms. The molecule has 0 saturated heterocycles. The average Bonchev–Trinajstić information content (AvgIpc) is 2.73. The summed E-state index contributed by atoms with van der Waals surface area (Å²) in [6.45, 7) is 0.374. The lowest BCUT2D eigenvalue weighted by Crippen LogP contribution is -2.34. The van der Waals surface area contributed by atoms with E-state index in [0.717, 1.165) is 15.6 Å². The van der Waals surface area contributed by atoms with E-state index in [0.29, 0.717) is 12.1 Å². The third-order valence-corrected chi connectivity index (χ3v) is 4.48. The van der Waals surface area contributed by atoms with Crippen LogP contribution in [0.5, 0.6) is 0 Å². The third kappa shape index (κ3) is 5.66. The molecule has 0 aromatic heterocycles. The zero-order valence-corrected chi connectivity index (χ0v) is 16.6. The monoisotopic (exact) mass is 434 g/mol. The summed E-state index contributed by atoms with van der Waals surface area (Å²) in [5, 5.41) is 5.59. The van der Waals surface area contributed by atoms with E-state index < -0.39 is 0 Å². The standard InChI is InChI=1S/C23H19BrN2O2/c24-20-13-7-12-19(15-20)22(27)26-21(14-17-8-3-1-4-9-17)23(28)25-16-18-10-5-2-6-11-18/h1-15H,16H2,(H,25,28)(H,26,27)/b21-14-. The molecule has 0 atom stereocenters.